The van der Waals surface area contributed by atoms with Gasteiger partial charge in [-0.3, -0.25) is 4.79 Å². The second kappa shape index (κ2) is 32.9. The van der Waals surface area contributed by atoms with Crippen LogP contribution in [0.4, 0.5) is 5.95 Å². The minimum absolute atomic E-state index is 0.225. The summed E-state index contributed by atoms with van der Waals surface area (Å²) in [6.45, 7) is 38.0. The lowest BCUT2D eigenvalue weighted by Gasteiger charge is -2.28. The second-order valence-electron chi connectivity index (χ2n) is 10.1. The molecule has 0 spiro atoms. The quantitative estimate of drug-likeness (QED) is 0.203. The zero-order valence-electron chi connectivity index (χ0n) is 31.0. The number of rotatable bonds is 11. The Hall–Kier alpha value is -2.63. The Kier molecular flexibility index (Phi) is 38.4. The van der Waals surface area contributed by atoms with Crippen LogP contribution in [0.3, 0.4) is 0 Å². The maximum absolute atomic E-state index is 10.2. The summed E-state index contributed by atoms with van der Waals surface area (Å²) in [7, 11) is 1.62. The van der Waals surface area contributed by atoms with E-state index in [0.29, 0.717) is 35.6 Å². The molecule has 0 saturated carbocycles. The van der Waals surface area contributed by atoms with Gasteiger partial charge in [0.05, 0.1) is 7.11 Å². The standard InChI is InChI=1S/C22H35N3O.C6H12O2.4C2H6/c1-8-9-10-11-17(4)19(6)18(5)15-20(14-16(2)3)24-22-23-13-12-21(25-22)26-7;1-5(7)8-6(2,3)4;4*1-2/h8-13,16,18-20H,1,14-15H2,2-7H3,(H,23,24,25);1-4H3;4*1-2H3/b10-9-,17-11+;;;;;/t18?,19?,20-;;;;;/m0...../s1. The molecular weight excluding hydrogens is 522 g/mol. The van der Waals surface area contributed by atoms with E-state index >= 15 is 0 Å². The molecule has 248 valence electrons. The monoisotopic (exact) mass is 594 g/mol. The number of esters is 1. The zero-order chi connectivity index (χ0) is 34.3. The predicted octanol–water partition coefficient (Wildman–Crippen LogP) is 11.1. The average Bonchev–Trinajstić information content (AvgIpc) is 2.95. The van der Waals surface area contributed by atoms with Crippen LogP contribution in [-0.4, -0.2) is 34.7 Å². The summed E-state index contributed by atoms with van der Waals surface area (Å²) in [5, 5.41) is 3.51. The summed E-state index contributed by atoms with van der Waals surface area (Å²) in [5.41, 5.74) is 1.06. The molecule has 42 heavy (non-hydrogen) atoms. The van der Waals surface area contributed by atoms with Gasteiger partial charge < -0.3 is 14.8 Å². The van der Waals surface area contributed by atoms with Gasteiger partial charge in [-0.2, -0.15) is 4.98 Å². The minimum Gasteiger partial charge on any atom is -0.481 e. The smallest absolute Gasteiger partial charge is 0.303 e. The number of carbonyl (C=O) groups excluding carboxylic acids is 1. The van der Waals surface area contributed by atoms with Crippen molar-refractivity contribution < 1.29 is 14.3 Å². The van der Waals surface area contributed by atoms with Crippen molar-refractivity contribution in [3.63, 3.8) is 0 Å². The summed E-state index contributed by atoms with van der Waals surface area (Å²) in [5.74, 6) is 2.65. The predicted molar refractivity (Wildman–Crippen MR) is 188 cm³/mol. The van der Waals surface area contributed by atoms with E-state index in [1.54, 1.807) is 25.4 Å². The highest BCUT2D eigenvalue weighted by molar-refractivity contribution is 5.66. The second-order valence-corrected chi connectivity index (χ2v) is 10.1. The third kappa shape index (κ3) is 31.9. The summed E-state index contributed by atoms with van der Waals surface area (Å²) in [6.07, 6.45) is 11.9. The van der Waals surface area contributed by atoms with Gasteiger partial charge in [-0.25, -0.2) is 4.98 Å². The number of anilines is 1. The third-order valence-electron chi connectivity index (χ3n) is 5.21. The molecule has 3 atom stereocenters. The van der Waals surface area contributed by atoms with Crippen molar-refractivity contribution in [1.82, 2.24) is 9.97 Å². The normalized spacial score (nSPS) is 12.4. The molecular formula is C36H71N3O3. The van der Waals surface area contributed by atoms with E-state index in [2.05, 4.69) is 68.6 Å². The summed E-state index contributed by atoms with van der Waals surface area (Å²) in [6, 6.07) is 2.09. The molecule has 0 aliphatic carbocycles. The fourth-order valence-electron chi connectivity index (χ4n) is 3.46. The van der Waals surface area contributed by atoms with Crippen molar-refractivity contribution >= 4 is 11.9 Å². The summed E-state index contributed by atoms with van der Waals surface area (Å²) < 4.78 is 10.0. The van der Waals surface area contributed by atoms with Gasteiger partial charge in [-0.05, 0) is 58.3 Å². The maximum atomic E-state index is 10.2. The average molecular weight is 594 g/mol. The molecule has 6 heteroatoms. The number of hydrogen-bond donors (Lipinski definition) is 1. The number of nitrogens with one attached hydrogen (secondary N) is 1. The van der Waals surface area contributed by atoms with Crippen molar-refractivity contribution in [3.8, 4) is 5.88 Å². The Morgan fingerprint density at radius 2 is 1.48 bits per heavy atom. The number of nitrogens with zero attached hydrogens (tertiary/aromatic N) is 2. The molecule has 2 unspecified atom stereocenters. The lowest BCUT2D eigenvalue weighted by Crippen LogP contribution is -2.27. The first-order valence-corrected chi connectivity index (χ1v) is 16.1. The van der Waals surface area contributed by atoms with Crippen LogP contribution in [-0.2, 0) is 9.53 Å². The highest BCUT2D eigenvalue weighted by atomic mass is 16.6. The van der Waals surface area contributed by atoms with Gasteiger partial charge in [0, 0.05) is 25.2 Å². The first-order valence-electron chi connectivity index (χ1n) is 16.1. The fourth-order valence-corrected chi connectivity index (χ4v) is 3.46. The third-order valence-corrected chi connectivity index (χ3v) is 5.21. The Morgan fingerprint density at radius 3 is 1.86 bits per heavy atom. The Morgan fingerprint density at radius 1 is 0.952 bits per heavy atom. The minimum atomic E-state index is -0.328. The van der Waals surface area contributed by atoms with Gasteiger partial charge in [0.2, 0.25) is 11.8 Å². The molecule has 1 heterocycles. The molecule has 1 aromatic rings. The van der Waals surface area contributed by atoms with E-state index in [4.69, 9.17) is 9.47 Å². The van der Waals surface area contributed by atoms with Crippen LogP contribution in [0.15, 0.2) is 48.7 Å². The molecule has 1 aromatic heterocycles. The van der Waals surface area contributed by atoms with Gasteiger partial charge in [0.25, 0.3) is 0 Å². The Labute approximate surface area is 262 Å². The number of hydrogen-bond acceptors (Lipinski definition) is 6. The van der Waals surface area contributed by atoms with Crippen molar-refractivity contribution in [1.29, 1.82) is 0 Å². The molecule has 0 radical (unpaired) electrons. The van der Waals surface area contributed by atoms with Gasteiger partial charge in [-0.15, -0.1) is 0 Å². The van der Waals surface area contributed by atoms with Crippen molar-refractivity contribution in [3.05, 3.63) is 48.7 Å². The lowest BCUT2D eigenvalue weighted by atomic mass is 9.83. The van der Waals surface area contributed by atoms with E-state index in [0.717, 1.165) is 12.8 Å². The van der Waals surface area contributed by atoms with Crippen molar-refractivity contribution in [2.24, 2.45) is 17.8 Å². The highest BCUT2D eigenvalue weighted by Crippen LogP contribution is 2.27. The topological polar surface area (TPSA) is 73.3 Å². The molecule has 0 aliphatic rings. The molecule has 1 rings (SSSR count). The molecule has 0 saturated heterocycles. The van der Waals surface area contributed by atoms with E-state index < -0.39 is 0 Å². The zero-order valence-corrected chi connectivity index (χ0v) is 31.0. The molecule has 0 amide bonds. The molecule has 6 nitrogen and oxygen atoms in total. The first-order chi connectivity index (χ1) is 19.8. The number of aromatic nitrogens is 2. The summed E-state index contributed by atoms with van der Waals surface area (Å²) >= 11 is 0. The molecule has 0 aliphatic heterocycles. The van der Waals surface area contributed by atoms with Gasteiger partial charge in [0.1, 0.15) is 5.60 Å². The molecule has 0 fully saturated rings. The molecule has 1 N–H and O–H groups in total. The molecule has 0 aromatic carbocycles. The van der Waals surface area contributed by atoms with Crippen LogP contribution in [0.2, 0.25) is 0 Å². The van der Waals surface area contributed by atoms with E-state index in [1.807, 2.05) is 82.2 Å². The Bertz CT molecular complexity index is 796. The van der Waals surface area contributed by atoms with Crippen molar-refractivity contribution in [2.75, 3.05) is 12.4 Å². The lowest BCUT2D eigenvalue weighted by molar-refractivity contribution is -0.151. The van der Waals surface area contributed by atoms with Crippen molar-refractivity contribution in [2.45, 2.75) is 142 Å². The molecule has 0 bridgehead atoms. The SMILES string of the molecule is C=C/C=C\C=C(/C)C(C)C(C)C[C@H](CC(C)C)Nc1nccc(OC)n1.CC.CC.CC.CC.CC(=O)OC(C)(C)C. The number of carbonyl (C=O) groups is 1. The Balaban J connectivity index is -0.000000238. The van der Waals surface area contributed by atoms with Crippen LogP contribution in [0.25, 0.3) is 0 Å². The van der Waals surface area contributed by atoms with Gasteiger partial charge in [-0.1, -0.05) is 120 Å². The van der Waals surface area contributed by atoms with E-state index in [1.165, 1.54) is 12.5 Å². The number of methoxy groups -OCH3 is 1. The van der Waals surface area contributed by atoms with Crippen LogP contribution < -0.4 is 10.1 Å². The van der Waals surface area contributed by atoms with E-state index in [-0.39, 0.29) is 11.6 Å². The van der Waals surface area contributed by atoms with Gasteiger partial charge >= 0.3 is 5.97 Å². The van der Waals surface area contributed by atoms with E-state index in [9.17, 15) is 4.79 Å². The van der Waals surface area contributed by atoms with Gasteiger partial charge in [0.15, 0.2) is 0 Å². The number of ether oxygens (including phenoxy) is 2. The fraction of sp³-hybridized carbons (Fsp3) is 0.694. The maximum Gasteiger partial charge on any atom is 0.303 e. The van der Waals surface area contributed by atoms with Crippen LogP contribution in [0, 0.1) is 17.8 Å². The van der Waals surface area contributed by atoms with Crippen LogP contribution >= 0.6 is 0 Å². The number of allylic oxidation sites excluding steroid dienone is 5. The first kappa shape index (κ1) is 49.1. The van der Waals surface area contributed by atoms with Crippen LogP contribution in [0.5, 0.6) is 5.88 Å². The van der Waals surface area contributed by atoms with Crippen LogP contribution in [0.1, 0.15) is 131 Å². The summed E-state index contributed by atoms with van der Waals surface area (Å²) in [4.78, 5) is 19.0. The largest absolute Gasteiger partial charge is 0.481 e. The highest BCUT2D eigenvalue weighted by Gasteiger charge is 2.21.